The van der Waals surface area contributed by atoms with Crippen LogP contribution < -0.4 is 10.6 Å². The summed E-state index contributed by atoms with van der Waals surface area (Å²) in [6.07, 6.45) is 1.59. The molecule has 1 heterocycles. The van der Waals surface area contributed by atoms with Crippen LogP contribution in [0.2, 0.25) is 0 Å². The molecule has 1 aromatic rings. The maximum Gasteiger partial charge on any atom is 0.237 e. The van der Waals surface area contributed by atoms with Crippen LogP contribution in [-0.4, -0.2) is 31.2 Å². The molecule has 1 amide bonds. The lowest BCUT2D eigenvalue weighted by Gasteiger charge is -2.28. The van der Waals surface area contributed by atoms with Crippen molar-refractivity contribution < 1.29 is 13.9 Å². The topological polar surface area (TPSA) is 63.5 Å². The zero-order valence-electron chi connectivity index (χ0n) is 11.4. The van der Waals surface area contributed by atoms with Gasteiger partial charge in [-0.25, -0.2) is 0 Å². The Morgan fingerprint density at radius 3 is 2.83 bits per heavy atom. The third kappa shape index (κ3) is 4.89. The van der Waals surface area contributed by atoms with Crippen molar-refractivity contribution in [2.45, 2.75) is 38.9 Å². The average molecular weight is 254 g/mol. The number of carbonyl (C=O) groups excluding carboxylic acids is 1. The van der Waals surface area contributed by atoms with E-state index in [0.717, 1.165) is 5.76 Å². The highest BCUT2D eigenvalue weighted by Gasteiger charge is 2.23. The van der Waals surface area contributed by atoms with Gasteiger partial charge in [0, 0.05) is 12.6 Å². The van der Waals surface area contributed by atoms with Crippen molar-refractivity contribution in [1.29, 1.82) is 0 Å². The second kappa shape index (κ2) is 6.56. The maximum absolute atomic E-state index is 11.9. The molecule has 0 spiro atoms. The van der Waals surface area contributed by atoms with Crippen LogP contribution in [-0.2, 0) is 16.1 Å². The zero-order valence-corrected chi connectivity index (χ0v) is 11.4. The van der Waals surface area contributed by atoms with Crippen LogP contribution in [0.25, 0.3) is 0 Å². The highest BCUT2D eigenvalue weighted by atomic mass is 16.5. The summed E-state index contributed by atoms with van der Waals surface area (Å²) in [6, 6.07) is 3.34. The molecule has 0 radical (unpaired) electrons. The molecular weight excluding hydrogens is 232 g/mol. The predicted octanol–water partition coefficient (Wildman–Crippen LogP) is 1.30. The minimum Gasteiger partial charge on any atom is -0.467 e. The SMILES string of the molecule is COCC(C)(C)NC(C)C(=O)NCc1ccco1. The van der Waals surface area contributed by atoms with Gasteiger partial charge in [-0.1, -0.05) is 0 Å². The van der Waals surface area contributed by atoms with E-state index in [-0.39, 0.29) is 17.5 Å². The van der Waals surface area contributed by atoms with E-state index < -0.39 is 0 Å². The predicted molar refractivity (Wildman–Crippen MR) is 69.1 cm³/mol. The Morgan fingerprint density at radius 1 is 1.56 bits per heavy atom. The summed E-state index contributed by atoms with van der Waals surface area (Å²) >= 11 is 0. The standard InChI is InChI=1S/C13H22N2O3/c1-10(15-13(2,3)9-17-4)12(16)14-8-11-6-5-7-18-11/h5-7,10,15H,8-9H2,1-4H3,(H,14,16). The molecule has 0 aromatic carbocycles. The van der Waals surface area contributed by atoms with Crippen LogP contribution in [0.1, 0.15) is 26.5 Å². The number of carbonyl (C=O) groups is 1. The number of hydrogen-bond donors (Lipinski definition) is 2. The average Bonchev–Trinajstić information content (AvgIpc) is 2.77. The Kier molecular flexibility index (Phi) is 5.37. The first-order valence-electron chi connectivity index (χ1n) is 6.01. The van der Waals surface area contributed by atoms with Gasteiger partial charge in [-0.15, -0.1) is 0 Å². The van der Waals surface area contributed by atoms with Crippen molar-refractivity contribution in [3.05, 3.63) is 24.2 Å². The lowest BCUT2D eigenvalue weighted by atomic mass is 10.1. The third-order valence-electron chi connectivity index (χ3n) is 2.52. The highest BCUT2D eigenvalue weighted by molar-refractivity contribution is 5.81. The summed E-state index contributed by atoms with van der Waals surface area (Å²) in [4.78, 5) is 11.9. The monoisotopic (exact) mass is 254 g/mol. The van der Waals surface area contributed by atoms with Crippen molar-refractivity contribution in [3.63, 3.8) is 0 Å². The number of furan rings is 1. The van der Waals surface area contributed by atoms with Crippen LogP contribution in [0.5, 0.6) is 0 Å². The molecular formula is C13H22N2O3. The molecule has 0 fully saturated rings. The summed E-state index contributed by atoms with van der Waals surface area (Å²) in [6.45, 7) is 6.76. The molecule has 5 nitrogen and oxygen atoms in total. The van der Waals surface area contributed by atoms with Crippen LogP contribution in [0.4, 0.5) is 0 Å². The molecule has 1 unspecified atom stereocenters. The van der Waals surface area contributed by atoms with Gasteiger partial charge in [-0.3, -0.25) is 10.1 Å². The van der Waals surface area contributed by atoms with Crippen molar-refractivity contribution in [1.82, 2.24) is 10.6 Å². The molecule has 1 aromatic heterocycles. The Labute approximate surface area is 108 Å². The van der Waals surface area contributed by atoms with Gasteiger partial charge in [0.1, 0.15) is 5.76 Å². The Morgan fingerprint density at radius 2 is 2.28 bits per heavy atom. The molecule has 18 heavy (non-hydrogen) atoms. The molecule has 0 aliphatic rings. The number of nitrogens with one attached hydrogen (secondary N) is 2. The van der Waals surface area contributed by atoms with Gasteiger partial charge in [0.25, 0.3) is 0 Å². The lowest BCUT2D eigenvalue weighted by molar-refractivity contribution is -0.123. The Balaban J connectivity index is 2.37. The summed E-state index contributed by atoms with van der Waals surface area (Å²) in [5.41, 5.74) is -0.240. The van der Waals surface area contributed by atoms with Crippen molar-refractivity contribution in [3.8, 4) is 0 Å². The molecule has 102 valence electrons. The van der Waals surface area contributed by atoms with E-state index in [4.69, 9.17) is 9.15 Å². The van der Waals surface area contributed by atoms with Crippen LogP contribution >= 0.6 is 0 Å². The van der Waals surface area contributed by atoms with E-state index in [0.29, 0.717) is 13.2 Å². The summed E-state index contributed by atoms with van der Waals surface area (Å²) in [5, 5.41) is 6.03. The van der Waals surface area contributed by atoms with Gasteiger partial charge in [0.15, 0.2) is 0 Å². The molecule has 0 aliphatic carbocycles. The first-order chi connectivity index (χ1) is 8.44. The zero-order chi connectivity index (χ0) is 13.6. The van der Waals surface area contributed by atoms with E-state index in [1.807, 2.05) is 26.8 Å². The van der Waals surface area contributed by atoms with E-state index in [2.05, 4.69) is 10.6 Å². The van der Waals surface area contributed by atoms with E-state index in [1.54, 1.807) is 19.4 Å². The van der Waals surface area contributed by atoms with Crippen LogP contribution in [0.15, 0.2) is 22.8 Å². The molecule has 2 N–H and O–H groups in total. The molecule has 5 heteroatoms. The Bertz CT molecular complexity index is 360. The van der Waals surface area contributed by atoms with Crippen molar-refractivity contribution >= 4 is 5.91 Å². The second-order valence-electron chi connectivity index (χ2n) is 4.98. The Hall–Kier alpha value is -1.33. The molecule has 1 rings (SSSR count). The smallest absolute Gasteiger partial charge is 0.237 e. The van der Waals surface area contributed by atoms with Crippen LogP contribution in [0, 0.1) is 0 Å². The number of amides is 1. The molecule has 0 saturated carbocycles. The number of methoxy groups -OCH3 is 1. The van der Waals surface area contributed by atoms with Crippen LogP contribution in [0.3, 0.4) is 0 Å². The fourth-order valence-corrected chi connectivity index (χ4v) is 1.79. The highest BCUT2D eigenvalue weighted by Crippen LogP contribution is 2.04. The quantitative estimate of drug-likeness (QED) is 0.770. The van der Waals surface area contributed by atoms with Crippen molar-refractivity contribution in [2.24, 2.45) is 0 Å². The maximum atomic E-state index is 11.9. The van der Waals surface area contributed by atoms with E-state index in [1.165, 1.54) is 0 Å². The largest absolute Gasteiger partial charge is 0.467 e. The molecule has 0 aliphatic heterocycles. The molecule has 0 saturated heterocycles. The van der Waals surface area contributed by atoms with Gasteiger partial charge >= 0.3 is 0 Å². The molecule has 1 atom stereocenters. The first-order valence-corrected chi connectivity index (χ1v) is 6.01. The van der Waals surface area contributed by atoms with Gasteiger partial charge < -0.3 is 14.5 Å². The van der Waals surface area contributed by atoms with E-state index in [9.17, 15) is 4.79 Å². The summed E-state index contributed by atoms with van der Waals surface area (Å²) in [7, 11) is 1.64. The minimum atomic E-state index is -0.287. The van der Waals surface area contributed by atoms with Gasteiger partial charge in [0.05, 0.1) is 25.5 Å². The number of hydrogen-bond acceptors (Lipinski definition) is 4. The first kappa shape index (κ1) is 14.7. The third-order valence-corrected chi connectivity index (χ3v) is 2.52. The minimum absolute atomic E-state index is 0.0596. The summed E-state index contributed by atoms with van der Waals surface area (Å²) in [5.74, 6) is 0.683. The van der Waals surface area contributed by atoms with Gasteiger partial charge in [0.2, 0.25) is 5.91 Å². The van der Waals surface area contributed by atoms with E-state index >= 15 is 0 Å². The fourth-order valence-electron chi connectivity index (χ4n) is 1.79. The second-order valence-corrected chi connectivity index (χ2v) is 4.98. The van der Waals surface area contributed by atoms with Gasteiger partial charge in [-0.2, -0.15) is 0 Å². The fraction of sp³-hybridized carbons (Fsp3) is 0.615. The van der Waals surface area contributed by atoms with Crippen molar-refractivity contribution in [2.75, 3.05) is 13.7 Å². The number of ether oxygens (including phenoxy) is 1. The van der Waals surface area contributed by atoms with Gasteiger partial charge in [-0.05, 0) is 32.9 Å². The number of rotatable bonds is 7. The lowest BCUT2D eigenvalue weighted by Crippen LogP contribution is -2.53. The normalized spacial score (nSPS) is 13.3. The summed E-state index contributed by atoms with van der Waals surface area (Å²) < 4.78 is 10.2. The molecule has 0 bridgehead atoms.